The molecular weight excluding hydrogens is 177 g/mol. The molecule has 2 rings (SSSR count). The summed E-state index contributed by atoms with van der Waals surface area (Å²) in [5.41, 5.74) is 2.16. The smallest absolute Gasteiger partial charge is 0.133 e. The van der Waals surface area contributed by atoms with E-state index >= 15 is 0 Å². The van der Waals surface area contributed by atoms with Crippen molar-refractivity contribution in [1.82, 2.24) is 4.98 Å². The monoisotopic (exact) mass is 187 g/mol. The van der Waals surface area contributed by atoms with Crippen LogP contribution in [0.5, 0.6) is 0 Å². The third kappa shape index (κ3) is 1.51. The fourth-order valence-corrected chi connectivity index (χ4v) is 1.40. The highest BCUT2D eigenvalue weighted by atomic mass is 19.1. The molecule has 0 aliphatic heterocycles. The summed E-state index contributed by atoms with van der Waals surface area (Å²) >= 11 is 0. The minimum Gasteiger partial charge on any atom is -0.265 e. The summed E-state index contributed by atoms with van der Waals surface area (Å²) in [6.45, 7) is 1.76. The van der Waals surface area contributed by atoms with Crippen molar-refractivity contribution < 1.29 is 4.39 Å². The van der Waals surface area contributed by atoms with Crippen molar-refractivity contribution in [2.24, 2.45) is 0 Å². The molecule has 0 radical (unpaired) electrons. The Labute approximate surface area is 82.2 Å². The van der Waals surface area contributed by atoms with Crippen LogP contribution in [0.3, 0.4) is 0 Å². The largest absolute Gasteiger partial charge is 0.265 e. The van der Waals surface area contributed by atoms with Crippen LogP contribution in [-0.2, 0) is 0 Å². The Morgan fingerprint density at radius 3 is 2.50 bits per heavy atom. The van der Waals surface area contributed by atoms with Crippen LogP contribution in [-0.4, -0.2) is 4.98 Å². The predicted octanol–water partition coefficient (Wildman–Crippen LogP) is 3.20. The van der Waals surface area contributed by atoms with Gasteiger partial charge in [-0.1, -0.05) is 18.2 Å². The molecule has 0 fully saturated rings. The van der Waals surface area contributed by atoms with Crippen LogP contribution in [0.4, 0.5) is 4.39 Å². The van der Waals surface area contributed by atoms with E-state index in [2.05, 4.69) is 4.98 Å². The maximum absolute atomic E-state index is 13.7. The van der Waals surface area contributed by atoms with E-state index < -0.39 is 0 Å². The van der Waals surface area contributed by atoms with E-state index in [1.165, 1.54) is 0 Å². The maximum Gasteiger partial charge on any atom is 0.133 e. The molecular formula is C12H10FN. The second-order valence-corrected chi connectivity index (χ2v) is 3.17. The molecule has 0 atom stereocenters. The van der Waals surface area contributed by atoms with Crippen molar-refractivity contribution in [3.05, 3.63) is 54.1 Å². The zero-order chi connectivity index (χ0) is 9.97. The summed E-state index contributed by atoms with van der Waals surface area (Å²) in [5.74, 6) is -0.154. The summed E-state index contributed by atoms with van der Waals surface area (Å²) in [5, 5.41) is 0. The first-order valence-electron chi connectivity index (χ1n) is 4.44. The lowest BCUT2D eigenvalue weighted by atomic mass is 10.0. The third-order valence-corrected chi connectivity index (χ3v) is 2.18. The van der Waals surface area contributed by atoms with Gasteiger partial charge in [-0.2, -0.15) is 0 Å². The zero-order valence-electron chi connectivity index (χ0n) is 7.87. The van der Waals surface area contributed by atoms with E-state index in [1.54, 1.807) is 43.6 Å². The summed E-state index contributed by atoms with van der Waals surface area (Å²) in [7, 11) is 0. The molecule has 2 aromatic rings. The quantitative estimate of drug-likeness (QED) is 0.668. The topological polar surface area (TPSA) is 12.9 Å². The molecule has 0 N–H and O–H groups in total. The molecule has 0 unspecified atom stereocenters. The highest BCUT2D eigenvalue weighted by Crippen LogP contribution is 2.23. The highest BCUT2D eigenvalue weighted by molar-refractivity contribution is 5.64. The van der Waals surface area contributed by atoms with Gasteiger partial charge in [-0.3, -0.25) is 4.98 Å². The van der Waals surface area contributed by atoms with Crippen molar-refractivity contribution in [3.63, 3.8) is 0 Å². The van der Waals surface area contributed by atoms with Gasteiger partial charge in [-0.15, -0.1) is 0 Å². The average molecular weight is 187 g/mol. The van der Waals surface area contributed by atoms with Gasteiger partial charge < -0.3 is 0 Å². The first-order chi connectivity index (χ1) is 6.79. The molecule has 0 saturated carbocycles. The van der Waals surface area contributed by atoms with Crippen LogP contribution in [0, 0.1) is 12.7 Å². The van der Waals surface area contributed by atoms with E-state index in [-0.39, 0.29) is 5.82 Å². The Balaban J connectivity index is 2.58. The fraction of sp³-hybridized carbons (Fsp3) is 0.0833. The number of rotatable bonds is 1. The molecule has 0 aliphatic rings. The lowest BCUT2D eigenvalue weighted by Gasteiger charge is -2.04. The maximum atomic E-state index is 13.7. The van der Waals surface area contributed by atoms with Gasteiger partial charge in [0.25, 0.3) is 0 Å². The predicted molar refractivity (Wildman–Crippen MR) is 54.4 cm³/mol. The number of benzene rings is 1. The summed E-state index contributed by atoms with van der Waals surface area (Å²) < 4.78 is 13.7. The lowest BCUT2D eigenvalue weighted by Crippen LogP contribution is -1.87. The van der Waals surface area contributed by atoms with Gasteiger partial charge in [0.05, 0.1) is 0 Å². The van der Waals surface area contributed by atoms with E-state index in [4.69, 9.17) is 0 Å². The van der Waals surface area contributed by atoms with Gasteiger partial charge in [-0.05, 0) is 30.2 Å². The highest BCUT2D eigenvalue weighted by Gasteiger charge is 2.05. The van der Waals surface area contributed by atoms with E-state index in [0.29, 0.717) is 11.1 Å². The van der Waals surface area contributed by atoms with Gasteiger partial charge in [0.15, 0.2) is 0 Å². The van der Waals surface area contributed by atoms with Crippen LogP contribution in [0.15, 0.2) is 42.7 Å². The van der Waals surface area contributed by atoms with Crippen molar-refractivity contribution in [2.75, 3.05) is 0 Å². The second kappa shape index (κ2) is 3.58. The number of hydrogen-bond acceptors (Lipinski definition) is 1. The van der Waals surface area contributed by atoms with Gasteiger partial charge in [0.2, 0.25) is 0 Å². The Morgan fingerprint density at radius 2 is 1.79 bits per heavy atom. The molecule has 0 aliphatic carbocycles. The van der Waals surface area contributed by atoms with Gasteiger partial charge in [0, 0.05) is 18.0 Å². The third-order valence-electron chi connectivity index (χ3n) is 2.18. The Morgan fingerprint density at radius 1 is 1.07 bits per heavy atom. The molecule has 14 heavy (non-hydrogen) atoms. The van der Waals surface area contributed by atoms with E-state index in [1.807, 2.05) is 6.07 Å². The zero-order valence-corrected chi connectivity index (χ0v) is 7.87. The van der Waals surface area contributed by atoms with Gasteiger partial charge >= 0.3 is 0 Å². The molecule has 2 heteroatoms. The average Bonchev–Trinajstić information content (AvgIpc) is 2.23. The molecule has 0 bridgehead atoms. The summed E-state index contributed by atoms with van der Waals surface area (Å²) in [6, 6.07) is 9.00. The van der Waals surface area contributed by atoms with Crippen LogP contribution >= 0.6 is 0 Å². The number of hydrogen-bond donors (Lipinski definition) is 0. The number of aryl methyl sites for hydroxylation is 1. The first-order valence-corrected chi connectivity index (χ1v) is 4.44. The number of pyridine rings is 1. The van der Waals surface area contributed by atoms with Crippen LogP contribution in [0.25, 0.3) is 11.1 Å². The SMILES string of the molecule is Cc1cccc(-c2ccncc2)c1F. The Hall–Kier alpha value is -1.70. The van der Waals surface area contributed by atoms with Crippen molar-refractivity contribution >= 4 is 0 Å². The molecule has 1 aromatic carbocycles. The fourth-order valence-electron chi connectivity index (χ4n) is 1.40. The molecule has 0 saturated heterocycles. The van der Waals surface area contributed by atoms with Crippen LogP contribution in [0.2, 0.25) is 0 Å². The van der Waals surface area contributed by atoms with Gasteiger partial charge in [0.1, 0.15) is 5.82 Å². The minimum atomic E-state index is -0.154. The first kappa shape index (κ1) is 8.88. The molecule has 0 spiro atoms. The van der Waals surface area contributed by atoms with Gasteiger partial charge in [-0.25, -0.2) is 4.39 Å². The van der Waals surface area contributed by atoms with Crippen LogP contribution in [0.1, 0.15) is 5.56 Å². The molecule has 1 aromatic heterocycles. The molecule has 1 heterocycles. The number of nitrogens with zero attached hydrogens (tertiary/aromatic N) is 1. The second-order valence-electron chi connectivity index (χ2n) is 3.17. The van der Waals surface area contributed by atoms with Crippen LogP contribution < -0.4 is 0 Å². The summed E-state index contributed by atoms with van der Waals surface area (Å²) in [4.78, 5) is 3.90. The number of aromatic nitrogens is 1. The minimum absolute atomic E-state index is 0.154. The lowest BCUT2D eigenvalue weighted by molar-refractivity contribution is 0.622. The number of halogens is 1. The Kier molecular flexibility index (Phi) is 2.27. The standard InChI is InChI=1S/C12H10FN/c1-9-3-2-4-11(12(9)13)10-5-7-14-8-6-10/h2-8H,1H3. The normalized spacial score (nSPS) is 10.1. The van der Waals surface area contributed by atoms with E-state index in [9.17, 15) is 4.39 Å². The van der Waals surface area contributed by atoms with E-state index in [0.717, 1.165) is 5.56 Å². The van der Waals surface area contributed by atoms with Crippen molar-refractivity contribution in [1.29, 1.82) is 0 Å². The van der Waals surface area contributed by atoms with Crippen molar-refractivity contribution in [2.45, 2.75) is 6.92 Å². The van der Waals surface area contributed by atoms with Crippen molar-refractivity contribution in [3.8, 4) is 11.1 Å². The molecule has 0 amide bonds. The summed E-state index contributed by atoms with van der Waals surface area (Å²) in [6.07, 6.45) is 3.33. The molecule has 1 nitrogen and oxygen atoms in total. The Bertz CT molecular complexity index is 437. The molecule has 70 valence electrons.